The van der Waals surface area contributed by atoms with Crippen molar-refractivity contribution in [3.05, 3.63) is 24.3 Å². The van der Waals surface area contributed by atoms with Crippen molar-refractivity contribution in [2.45, 2.75) is 0 Å². The van der Waals surface area contributed by atoms with Gasteiger partial charge in [0.15, 0.2) is 0 Å². The Balaban J connectivity index is 2.59. The van der Waals surface area contributed by atoms with Crippen LogP contribution >= 0.6 is 0 Å². The molecule has 3 N–H and O–H groups in total. The highest BCUT2D eigenvalue weighted by atomic mass is 16.5. The van der Waals surface area contributed by atoms with Gasteiger partial charge in [0.25, 0.3) is 0 Å². The first-order chi connectivity index (χ1) is 9.17. The van der Waals surface area contributed by atoms with Crippen LogP contribution in [0.4, 0.5) is 11.8 Å². The standard InChI is InChI=1S/C13H16N4O2/c1-15-12-7-10(16-13(14)17-12)9-6-8(18-2)4-5-11(9)19-3/h4-7H,1-3H3,(H3,14,15,16,17). The molecule has 6 heteroatoms. The summed E-state index contributed by atoms with van der Waals surface area (Å²) in [6.07, 6.45) is 0. The SMILES string of the molecule is CNc1cc(-c2cc(OC)ccc2OC)nc(N)n1. The van der Waals surface area contributed by atoms with Gasteiger partial charge in [0.05, 0.1) is 19.9 Å². The topological polar surface area (TPSA) is 82.3 Å². The molecule has 1 heterocycles. The molecule has 100 valence electrons. The van der Waals surface area contributed by atoms with E-state index < -0.39 is 0 Å². The summed E-state index contributed by atoms with van der Waals surface area (Å²) in [6, 6.07) is 7.30. The van der Waals surface area contributed by atoms with Gasteiger partial charge in [-0.05, 0) is 18.2 Å². The highest BCUT2D eigenvalue weighted by Gasteiger charge is 2.11. The minimum Gasteiger partial charge on any atom is -0.497 e. The molecule has 1 aromatic heterocycles. The Bertz CT molecular complexity index is 587. The lowest BCUT2D eigenvalue weighted by atomic mass is 10.1. The predicted octanol–water partition coefficient (Wildman–Crippen LogP) is 1.78. The molecule has 2 rings (SSSR count). The molecule has 0 saturated heterocycles. The second kappa shape index (κ2) is 5.43. The maximum Gasteiger partial charge on any atom is 0.222 e. The number of anilines is 2. The Labute approximate surface area is 111 Å². The minimum atomic E-state index is 0.201. The third kappa shape index (κ3) is 2.67. The van der Waals surface area contributed by atoms with Crippen LogP contribution in [0.2, 0.25) is 0 Å². The van der Waals surface area contributed by atoms with Crippen molar-refractivity contribution >= 4 is 11.8 Å². The summed E-state index contributed by atoms with van der Waals surface area (Å²) in [5, 5.41) is 2.94. The third-order valence-electron chi connectivity index (χ3n) is 2.68. The van der Waals surface area contributed by atoms with Crippen LogP contribution in [-0.4, -0.2) is 31.2 Å². The molecule has 1 aromatic carbocycles. The summed E-state index contributed by atoms with van der Waals surface area (Å²) in [5.74, 6) is 2.26. The fraction of sp³-hybridized carbons (Fsp3) is 0.231. The quantitative estimate of drug-likeness (QED) is 0.872. The van der Waals surface area contributed by atoms with Crippen molar-refractivity contribution in [2.24, 2.45) is 0 Å². The van der Waals surface area contributed by atoms with Crippen LogP contribution in [0.1, 0.15) is 0 Å². The maximum atomic E-state index is 5.70. The average molecular weight is 260 g/mol. The van der Waals surface area contributed by atoms with Gasteiger partial charge in [0.2, 0.25) is 5.95 Å². The van der Waals surface area contributed by atoms with Gasteiger partial charge in [0.1, 0.15) is 17.3 Å². The molecule has 0 unspecified atom stereocenters. The van der Waals surface area contributed by atoms with Gasteiger partial charge in [-0.25, -0.2) is 4.98 Å². The first-order valence-corrected chi connectivity index (χ1v) is 5.72. The molecule has 0 aliphatic carbocycles. The number of methoxy groups -OCH3 is 2. The number of hydrogen-bond donors (Lipinski definition) is 2. The number of rotatable bonds is 4. The molecule has 0 spiro atoms. The monoisotopic (exact) mass is 260 g/mol. The molecule has 19 heavy (non-hydrogen) atoms. The zero-order valence-corrected chi connectivity index (χ0v) is 11.1. The van der Waals surface area contributed by atoms with E-state index in [1.807, 2.05) is 18.2 Å². The van der Waals surface area contributed by atoms with Crippen LogP contribution in [0.15, 0.2) is 24.3 Å². The average Bonchev–Trinajstić information content (AvgIpc) is 2.45. The lowest BCUT2D eigenvalue weighted by Crippen LogP contribution is -2.02. The molecule has 0 saturated carbocycles. The van der Waals surface area contributed by atoms with Gasteiger partial charge in [-0.15, -0.1) is 0 Å². The second-order valence-corrected chi connectivity index (χ2v) is 3.81. The van der Waals surface area contributed by atoms with Crippen LogP contribution in [0.25, 0.3) is 11.3 Å². The lowest BCUT2D eigenvalue weighted by Gasteiger charge is -2.11. The number of hydrogen-bond acceptors (Lipinski definition) is 6. The third-order valence-corrected chi connectivity index (χ3v) is 2.68. The van der Waals surface area contributed by atoms with Crippen LogP contribution in [-0.2, 0) is 0 Å². The van der Waals surface area contributed by atoms with Crippen molar-refractivity contribution in [2.75, 3.05) is 32.3 Å². The first kappa shape index (κ1) is 12.9. The van der Waals surface area contributed by atoms with Crippen LogP contribution in [0.5, 0.6) is 11.5 Å². The Kier molecular flexibility index (Phi) is 3.70. The second-order valence-electron chi connectivity index (χ2n) is 3.81. The Morgan fingerprint density at radius 1 is 1.11 bits per heavy atom. The van der Waals surface area contributed by atoms with E-state index in [4.69, 9.17) is 15.2 Å². The fourth-order valence-electron chi connectivity index (χ4n) is 1.75. The number of ether oxygens (including phenoxy) is 2. The number of nitrogens with one attached hydrogen (secondary N) is 1. The van der Waals surface area contributed by atoms with E-state index in [2.05, 4.69) is 15.3 Å². The number of nitrogens with zero attached hydrogens (tertiary/aromatic N) is 2. The van der Waals surface area contributed by atoms with E-state index in [0.717, 1.165) is 11.3 Å². The van der Waals surface area contributed by atoms with Crippen molar-refractivity contribution in [1.82, 2.24) is 9.97 Å². The Hall–Kier alpha value is -2.50. The molecule has 0 fully saturated rings. The lowest BCUT2D eigenvalue weighted by molar-refractivity contribution is 0.404. The van der Waals surface area contributed by atoms with E-state index in [0.29, 0.717) is 17.3 Å². The van der Waals surface area contributed by atoms with E-state index in [9.17, 15) is 0 Å². The summed E-state index contributed by atoms with van der Waals surface area (Å²) >= 11 is 0. The van der Waals surface area contributed by atoms with E-state index >= 15 is 0 Å². The Morgan fingerprint density at radius 2 is 1.89 bits per heavy atom. The molecule has 0 aliphatic heterocycles. The van der Waals surface area contributed by atoms with Gasteiger partial charge >= 0.3 is 0 Å². The summed E-state index contributed by atoms with van der Waals surface area (Å²) in [5.41, 5.74) is 7.17. The number of nitrogens with two attached hydrogens (primary N) is 1. The van der Waals surface area contributed by atoms with Gasteiger partial charge in [0, 0.05) is 18.7 Å². The molecule has 0 aliphatic rings. The Morgan fingerprint density at radius 3 is 2.53 bits per heavy atom. The van der Waals surface area contributed by atoms with Gasteiger partial charge in [-0.3, -0.25) is 0 Å². The number of benzene rings is 1. The molecule has 0 bridgehead atoms. The summed E-state index contributed by atoms with van der Waals surface area (Å²) < 4.78 is 10.6. The molecule has 0 atom stereocenters. The summed E-state index contributed by atoms with van der Waals surface area (Å²) in [6.45, 7) is 0. The van der Waals surface area contributed by atoms with Gasteiger partial charge in [-0.2, -0.15) is 4.98 Å². The van der Waals surface area contributed by atoms with Crippen LogP contribution in [0, 0.1) is 0 Å². The van der Waals surface area contributed by atoms with E-state index in [1.54, 1.807) is 27.3 Å². The number of aromatic nitrogens is 2. The molecule has 6 nitrogen and oxygen atoms in total. The molecule has 0 radical (unpaired) electrons. The molecule has 0 amide bonds. The predicted molar refractivity (Wildman–Crippen MR) is 74.5 cm³/mol. The fourth-order valence-corrected chi connectivity index (χ4v) is 1.75. The van der Waals surface area contributed by atoms with Crippen molar-refractivity contribution in [3.63, 3.8) is 0 Å². The zero-order valence-electron chi connectivity index (χ0n) is 11.1. The van der Waals surface area contributed by atoms with E-state index in [-0.39, 0.29) is 5.95 Å². The van der Waals surface area contributed by atoms with Crippen molar-refractivity contribution in [1.29, 1.82) is 0 Å². The van der Waals surface area contributed by atoms with Crippen LogP contribution in [0.3, 0.4) is 0 Å². The summed E-state index contributed by atoms with van der Waals surface area (Å²) in [7, 11) is 4.99. The van der Waals surface area contributed by atoms with Crippen molar-refractivity contribution < 1.29 is 9.47 Å². The van der Waals surface area contributed by atoms with Crippen LogP contribution < -0.4 is 20.5 Å². The molecular formula is C13H16N4O2. The maximum absolute atomic E-state index is 5.70. The van der Waals surface area contributed by atoms with E-state index in [1.165, 1.54) is 0 Å². The molecular weight excluding hydrogens is 244 g/mol. The largest absolute Gasteiger partial charge is 0.497 e. The highest BCUT2D eigenvalue weighted by molar-refractivity contribution is 5.71. The normalized spacial score (nSPS) is 10.1. The minimum absolute atomic E-state index is 0.201. The van der Waals surface area contributed by atoms with Gasteiger partial charge in [-0.1, -0.05) is 0 Å². The smallest absolute Gasteiger partial charge is 0.222 e. The summed E-state index contributed by atoms with van der Waals surface area (Å²) in [4.78, 5) is 8.29. The van der Waals surface area contributed by atoms with Crippen molar-refractivity contribution in [3.8, 4) is 22.8 Å². The zero-order chi connectivity index (χ0) is 13.8. The highest BCUT2D eigenvalue weighted by Crippen LogP contribution is 2.33. The first-order valence-electron chi connectivity index (χ1n) is 5.72. The number of nitrogen functional groups attached to an aromatic ring is 1. The molecule has 2 aromatic rings. The van der Waals surface area contributed by atoms with Gasteiger partial charge < -0.3 is 20.5 Å².